The van der Waals surface area contributed by atoms with Crippen LogP contribution in [-0.2, 0) is 21.0 Å². The maximum atomic E-state index is 12.5. The van der Waals surface area contributed by atoms with Crippen LogP contribution in [0.5, 0.6) is 0 Å². The van der Waals surface area contributed by atoms with E-state index in [-0.39, 0.29) is 53.6 Å². The molecule has 0 aliphatic heterocycles. The van der Waals surface area contributed by atoms with Gasteiger partial charge in [-0.05, 0) is 30.7 Å². The molecule has 184 valence electrons. The zero-order chi connectivity index (χ0) is 25.7. The van der Waals surface area contributed by atoms with E-state index in [0.29, 0.717) is 5.69 Å². The van der Waals surface area contributed by atoms with Gasteiger partial charge < -0.3 is 36.6 Å². The average Bonchev–Trinajstić information content (AvgIpc) is 2.81. The Labute approximate surface area is 197 Å². The number of carbonyl (C=O) groups is 3. The van der Waals surface area contributed by atoms with Gasteiger partial charge in [0, 0.05) is 24.7 Å². The largest absolute Gasteiger partial charge is 0.481 e. The van der Waals surface area contributed by atoms with Gasteiger partial charge in [0.05, 0.1) is 6.54 Å². The van der Waals surface area contributed by atoms with Crippen molar-refractivity contribution in [3.8, 4) is 0 Å². The smallest absolute Gasteiger partial charge is 0.347 e. The van der Waals surface area contributed by atoms with Crippen molar-refractivity contribution in [3.05, 3.63) is 45.9 Å². The Morgan fingerprint density at radius 2 is 1.86 bits per heavy atom. The number of fused-ring (bicyclic) bond motifs is 1. The summed E-state index contributed by atoms with van der Waals surface area (Å²) in [7, 11) is 1.71. The predicted octanol–water partition coefficient (Wildman–Crippen LogP) is -1.11. The molecule has 3 aromatic rings. The fourth-order valence-corrected chi connectivity index (χ4v) is 3.18. The summed E-state index contributed by atoms with van der Waals surface area (Å²) < 4.78 is 0. The van der Waals surface area contributed by atoms with Gasteiger partial charge in [0.1, 0.15) is 17.3 Å². The molecule has 0 fully saturated rings. The second-order valence-corrected chi connectivity index (χ2v) is 7.48. The minimum Gasteiger partial charge on any atom is -0.481 e. The number of nitrogens with two attached hydrogens (primary N) is 3. The zero-order valence-corrected chi connectivity index (χ0v) is 18.5. The number of aliphatic carboxylic acids is 1. The van der Waals surface area contributed by atoms with Gasteiger partial charge in [0.25, 0.3) is 11.5 Å². The lowest BCUT2D eigenvalue weighted by atomic mass is 10.1. The first-order valence-electron chi connectivity index (χ1n) is 10.2. The number of nitrogen functional groups attached to an aromatic ring is 2. The first kappa shape index (κ1) is 24.8. The van der Waals surface area contributed by atoms with Gasteiger partial charge >= 0.3 is 11.9 Å². The van der Waals surface area contributed by atoms with Crippen LogP contribution in [0.2, 0.25) is 0 Å². The van der Waals surface area contributed by atoms with E-state index in [1.807, 2.05) is 0 Å². The molecule has 15 heteroatoms. The Morgan fingerprint density at radius 1 is 1.17 bits per heavy atom. The van der Waals surface area contributed by atoms with Crippen molar-refractivity contribution < 1.29 is 24.3 Å². The van der Waals surface area contributed by atoms with E-state index in [9.17, 15) is 19.2 Å². The van der Waals surface area contributed by atoms with E-state index in [4.69, 9.17) is 22.5 Å². The van der Waals surface area contributed by atoms with Gasteiger partial charge in [-0.15, -0.1) is 0 Å². The molecule has 0 saturated heterocycles. The van der Waals surface area contributed by atoms with E-state index >= 15 is 0 Å². The normalized spacial score (nSPS) is 11.6. The lowest BCUT2D eigenvalue weighted by Crippen LogP contribution is -2.43. The topological polar surface area (TPSA) is 246 Å². The SMILES string of the molecule is CN(Cc1nc2c(N)nc(N)nc2[nH]c1=O)c1ccc(C(=O)N[C@@H](CCC(=O)O)C(=O)ON)cc1. The van der Waals surface area contributed by atoms with Crippen LogP contribution in [0.1, 0.15) is 28.9 Å². The van der Waals surface area contributed by atoms with Crippen molar-refractivity contribution >= 4 is 46.5 Å². The van der Waals surface area contributed by atoms with Crippen molar-refractivity contribution in [2.45, 2.75) is 25.4 Å². The molecule has 15 nitrogen and oxygen atoms in total. The summed E-state index contributed by atoms with van der Waals surface area (Å²) in [6.07, 6.45) is -0.551. The van der Waals surface area contributed by atoms with Gasteiger partial charge in [-0.3, -0.25) is 14.4 Å². The van der Waals surface area contributed by atoms with E-state index < -0.39 is 29.4 Å². The zero-order valence-electron chi connectivity index (χ0n) is 18.5. The molecule has 1 amide bonds. The Hall–Kier alpha value is -4.79. The number of aromatic nitrogens is 4. The summed E-state index contributed by atoms with van der Waals surface area (Å²) in [5.41, 5.74) is 12.2. The molecule has 9 N–H and O–H groups in total. The molecule has 0 saturated carbocycles. The standard InChI is InChI=1S/C20H23N9O6/c1-29(8-12-18(33)27-16-14(24-12)15(21)26-20(22)28-16)10-4-2-9(3-5-10)17(32)25-11(19(34)35-23)6-7-13(30)31/h2-5,11H,6-8,23H2,1H3,(H,25,32)(H,30,31)(H5,21,22,26,27,28,33)/t11-/m0/s1. The van der Waals surface area contributed by atoms with Crippen LogP contribution in [-0.4, -0.2) is 56.0 Å². The van der Waals surface area contributed by atoms with Gasteiger partial charge in [0.2, 0.25) is 5.95 Å². The lowest BCUT2D eigenvalue weighted by molar-refractivity contribution is -0.147. The number of anilines is 3. The maximum absolute atomic E-state index is 12.5. The molecule has 0 unspecified atom stereocenters. The summed E-state index contributed by atoms with van der Waals surface area (Å²) in [5, 5.41) is 11.2. The molecule has 0 aliphatic carbocycles. The van der Waals surface area contributed by atoms with Crippen LogP contribution in [0, 0.1) is 0 Å². The number of carboxylic acids is 1. The Bertz CT molecular complexity index is 1330. The highest BCUT2D eigenvalue weighted by atomic mass is 16.7. The summed E-state index contributed by atoms with van der Waals surface area (Å²) >= 11 is 0. The molecule has 1 aromatic carbocycles. The lowest BCUT2D eigenvalue weighted by Gasteiger charge is -2.19. The number of hydrogen-bond acceptors (Lipinski definition) is 12. The van der Waals surface area contributed by atoms with Gasteiger partial charge in [-0.1, -0.05) is 0 Å². The summed E-state index contributed by atoms with van der Waals surface area (Å²) in [6.45, 7) is 0.0975. The van der Waals surface area contributed by atoms with Gasteiger partial charge in [-0.25, -0.2) is 9.78 Å². The van der Waals surface area contributed by atoms with Crippen LogP contribution in [0.4, 0.5) is 17.5 Å². The molecule has 2 heterocycles. The molecule has 3 rings (SSSR count). The quantitative estimate of drug-likeness (QED) is 0.197. The third-order valence-corrected chi connectivity index (χ3v) is 4.98. The fraction of sp³-hybridized carbons (Fsp3) is 0.250. The third kappa shape index (κ3) is 5.97. The molecule has 0 bridgehead atoms. The average molecular weight is 485 g/mol. The minimum absolute atomic E-state index is 0.0307. The highest BCUT2D eigenvalue weighted by Gasteiger charge is 2.23. The van der Waals surface area contributed by atoms with Gasteiger partial charge in [-0.2, -0.15) is 15.9 Å². The predicted molar refractivity (Wildman–Crippen MR) is 124 cm³/mol. The van der Waals surface area contributed by atoms with Crippen LogP contribution < -0.4 is 33.1 Å². The number of rotatable bonds is 9. The number of aromatic amines is 1. The summed E-state index contributed by atoms with van der Waals surface area (Å²) in [6, 6.07) is 5.01. The third-order valence-electron chi connectivity index (χ3n) is 4.98. The number of carboxylic acid groups (broad SMARTS) is 1. The highest BCUT2D eigenvalue weighted by molar-refractivity contribution is 5.97. The molecule has 0 spiro atoms. The molecule has 35 heavy (non-hydrogen) atoms. The first-order valence-corrected chi connectivity index (χ1v) is 10.2. The first-order chi connectivity index (χ1) is 16.6. The number of nitrogens with zero attached hydrogens (tertiary/aromatic N) is 4. The monoisotopic (exact) mass is 485 g/mol. The van der Waals surface area contributed by atoms with Crippen molar-refractivity contribution in [2.75, 3.05) is 23.4 Å². The van der Waals surface area contributed by atoms with E-state index in [1.165, 1.54) is 12.1 Å². The number of carbonyl (C=O) groups excluding carboxylic acids is 2. The highest BCUT2D eigenvalue weighted by Crippen LogP contribution is 2.17. The van der Waals surface area contributed by atoms with Crippen molar-refractivity contribution in [2.24, 2.45) is 5.90 Å². The van der Waals surface area contributed by atoms with Gasteiger partial charge in [0.15, 0.2) is 11.5 Å². The Kier molecular flexibility index (Phi) is 7.40. The fourth-order valence-electron chi connectivity index (χ4n) is 3.18. The number of hydrogen-bond donors (Lipinski definition) is 6. The van der Waals surface area contributed by atoms with E-state index in [0.717, 1.165) is 0 Å². The molecular weight excluding hydrogens is 462 g/mol. The second-order valence-electron chi connectivity index (χ2n) is 7.48. The molecule has 2 aromatic heterocycles. The Morgan fingerprint density at radius 3 is 2.49 bits per heavy atom. The van der Waals surface area contributed by atoms with E-state index in [2.05, 4.69) is 30.1 Å². The van der Waals surface area contributed by atoms with Crippen molar-refractivity contribution in [1.29, 1.82) is 0 Å². The minimum atomic E-state index is -1.22. The van der Waals surface area contributed by atoms with E-state index in [1.54, 1.807) is 24.1 Å². The number of amides is 1. The van der Waals surface area contributed by atoms with Crippen molar-refractivity contribution in [1.82, 2.24) is 25.3 Å². The van der Waals surface area contributed by atoms with Crippen LogP contribution in [0.25, 0.3) is 11.2 Å². The van der Waals surface area contributed by atoms with Crippen LogP contribution in [0.3, 0.4) is 0 Å². The summed E-state index contributed by atoms with van der Waals surface area (Å²) in [5.74, 6) is 2.08. The molecule has 0 radical (unpaired) electrons. The van der Waals surface area contributed by atoms with Crippen molar-refractivity contribution in [3.63, 3.8) is 0 Å². The Balaban J connectivity index is 1.73. The molecule has 1 atom stereocenters. The maximum Gasteiger partial charge on any atom is 0.347 e. The number of benzene rings is 1. The number of nitrogens with one attached hydrogen (secondary N) is 2. The summed E-state index contributed by atoms with van der Waals surface area (Å²) in [4.78, 5) is 67.9. The van der Waals surface area contributed by atoms with Crippen LogP contribution >= 0.6 is 0 Å². The molecule has 0 aliphatic rings. The van der Waals surface area contributed by atoms with Crippen LogP contribution in [0.15, 0.2) is 29.1 Å². The molecular formula is C20H23N9O6. The number of H-pyrrole nitrogens is 1. The second kappa shape index (κ2) is 10.4.